The zero-order chi connectivity index (χ0) is 14.7. The standard InChI is InChI=1S/C16H16N2O2S/c19-15-10-17-16(20)14(9-12-5-2-1-3-6-12)18(15)11-13-7-4-8-21-13/h1-8,14H,9-11H2,(H,17,20). The van der Waals surface area contributed by atoms with Crippen LogP contribution in [0, 0.1) is 0 Å². The molecule has 0 radical (unpaired) electrons. The predicted octanol–water partition coefficient (Wildman–Crippen LogP) is 1.82. The first kappa shape index (κ1) is 13.8. The molecule has 2 heterocycles. The summed E-state index contributed by atoms with van der Waals surface area (Å²) >= 11 is 1.60. The van der Waals surface area contributed by atoms with Crippen LogP contribution in [-0.4, -0.2) is 29.3 Å². The lowest BCUT2D eigenvalue weighted by Crippen LogP contribution is -2.58. The summed E-state index contributed by atoms with van der Waals surface area (Å²) in [6.07, 6.45) is 0.545. The van der Waals surface area contributed by atoms with Gasteiger partial charge in [0.05, 0.1) is 13.1 Å². The average Bonchev–Trinajstić information content (AvgIpc) is 3.01. The summed E-state index contributed by atoms with van der Waals surface area (Å²) in [6.45, 7) is 0.594. The van der Waals surface area contributed by atoms with Crippen molar-refractivity contribution >= 4 is 23.2 Å². The van der Waals surface area contributed by atoms with E-state index in [2.05, 4.69) is 5.32 Å². The zero-order valence-corrected chi connectivity index (χ0v) is 12.3. The van der Waals surface area contributed by atoms with Crippen LogP contribution in [0.15, 0.2) is 47.8 Å². The van der Waals surface area contributed by atoms with Gasteiger partial charge >= 0.3 is 0 Å². The maximum Gasteiger partial charge on any atom is 0.243 e. The third-order valence-corrected chi connectivity index (χ3v) is 4.45. The van der Waals surface area contributed by atoms with Crippen molar-refractivity contribution in [2.24, 2.45) is 0 Å². The largest absolute Gasteiger partial charge is 0.345 e. The summed E-state index contributed by atoms with van der Waals surface area (Å²) in [5.74, 6) is -0.0982. The number of hydrogen-bond donors (Lipinski definition) is 1. The highest BCUT2D eigenvalue weighted by Gasteiger charge is 2.34. The molecule has 0 aliphatic carbocycles. The Kier molecular flexibility index (Phi) is 4.01. The van der Waals surface area contributed by atoms with Gasteiger partial charge < -0.3 is 10.2 Å². The summed E-state index contributed by atoms with van der Waals surface area (Å²) in [7, 11) is 0. The molecule has 1 aliphatic rings. The number of rotatable bonds is 4. The van der Waals surface area contributed by atoms with Crippen LogP contribution in [-0.2, 0) is 22.6 Å². The molecule has 0 spiro atoms. The molecule has 1 saturated heterocycles. The van der Waals surface area contributed by atoms with Crippen LogP contribution in [0.4, 0.5) is 0 Å². The highest BCUT2D eigenvalue weighted by atomic mass is 32.1. The van der Waals surface area contributed by atoms with Gasteiger partial charge in [0, 0.05) is 11.3 Å². The number of nitrogens with zero attached hydrogens (tertiary/aromatic N) is 1. The molecule has 21 heavy (non-hydrogen) atoms. The van der Waals surface area contributed by atoms with Crippen LogP contribution in [0.2, 0.25) is 0 Å². The molecule has 1 atom stereocenters. The summed E-state index contributed by atoms with van der Waals surface area (Å²) in [5.41, 5.74) is 1.06. The fourth-order valence-corrected chi connectivity index (χ4v) is 3.21. The first-order chi connectivity index (χ1) is 10.2. The van der Waals surface area contributed by atoms with E-state index in [1.54, 1.807) is 16.2 Å². The number of piperazine rings is 1. The Hall–Kier alpha value is -2.14. The van der Waals surface area contributed by atoms with Crippen molar-refractivity contribution in [1.82, 2.24) is 10.2 Å². The molecule has 2 aromatic rings. The smallest absolute Gasteiger partial charge is 0.243 e. The van der Waals surface area contributed by atoms with E-state index in [9.17, 15) is 9.59 Å². The molecular formula is C16H16N2O2S. The molecule has 1 aromatic carbocycles. The van der Waals surface area contributed by atoms with E-state index in [-0.39, 0.29) is 18.4 Å². The van der Waals surface area contributed by atoms with Gasteiger partial charge in [0.25, 0.3) is 0 Å². The minimum absolute atomic E-state index is 0.0241. The minimum atomic E-state index is -0.434. The number of amides is 2. The van der Waals surface area contributed by atoms with Gasteiger partial charge in [-0.25, -0.2) is 0 Å². The lowest BCUT2D eigenvalue weighted by molar-refractivity contribution is -0.146. The van der Waals surface area contributed by atoms with Crippen molar-refractivity contribution in [3.8, 4) is 0 Å². The SMILES string of the molecule is O=C1NCC(=O)N(Cc2cccs2)C1Cc1ccccc1. The average molecular weight is 300 g/mol. The lowest BCUT2D eigenvalue weighted by atomic mass is 10.0. The van der Waals surface area contributed by atoms with Gasteiger partial charge in [0.15, 0.2) is 0 Å². The van der Waals surface area contributed by atoms with E-state index in [1.165, 1.54) is 0 Å². The number of nitrogens with one attached hydrogen (secondary N) is 1. The summed E-state index contributed by atoms with van der Waals surface area (Å²) in [5, 5.41) is 4.67. The summed E-state index contributed by atoms with van der Waals surface area (Å²) in [4.78, 5) is 27.1. The molecule has 2 amide bonds. The minimum Gasteiger partial charge on any atom is -0.345 e. The third-order valence-electron chi connectivity index (χ3n) is 3.59. The van der Waals surface area contributed by atoms with Gasteiger partial charge in [-0.1, -0.05) is 36.4 Å². The molecule has 1 aromatic heterocycles. The van der Waals surface area contributed by atoms with Gasteiger partial charge in [-0.05, 0) is 17.0 Å². The van der Waals surface area contributed by atoms with Gasteiger partial charge in [-0.3, -0.25) is 9.59 Å². The summed E-state index contributed by atoms with van der Waals surface area (Å²) in [6, 6.07) is 13.3. The molecule has 0 bridgehead atoms. The van der Waals surface area contributed by atoms with Crippen molar-refractivity contribution in [3.63, 3.8) is 0 Å². The number of carbonyl (C=O) groups is 2. The molecule has 5 heteroatoms. The fourth-order valence-electron chi connectivity index (χ4n) is 2.51. The number of carbonyl (C=O) groups excluding carboxylic acids is 2. The van der Waals surface area contributed by atoms with Gasteiger partial charge in [-0.15, -0.1) is 11.3 Å². The van der Waals surface area contributed by atoms with E-state index < -0.39 is 6.04 Å². The molecule has 1 fully saturated rings. The molecule has 108 valence electrons. The Bertz CT molecular complexity index is 625. The van der Waals surface area contributed by atoms with E-state index in [0.29, 0.717) is 13.0 Å². The van der Waals surface area contributed by atoms with Crippen LogP contribution in [0.5, 0.6) is 0 Å². The van der Waals surface area contributed by atoms with Gasteiger partial charge in [0.2, 0.25) is 11.8 Å². The van der Waals surface area contributed by atoms with Crippen molar-refractivity contribution in [2.75, 3.05) is 6.54 Å². The molecule has 1 N–H and O–H groups in total. The normalized spacial score (nSPS) is 18.7. The number of benzene rings is 1. The number of thiophene rings is 1. The summed E-state index contributed by atoms with van der Waals surface area (Å²) < 4.78 is 0. The molecule has 4 nitrogen and oxygen atoms in total. The monoisotopic (exact) mass is 300 g/mol. The van der Waals surface area contributed by atoms with Gasteiger partial charge in [-0.2, -0.15) is 0 Å². The maximum absolute atomic E-state index is 12.2. The molecule has 0 saturated carbocycles. The highest BCUT2D eigenvalue weighted by molar-refractivity contribution is 7.09. The number of hydrogen-bond acceptors (Lipinski definition) is 3. The third kappa shape index (κ3) is 3.13. The second-order valence-corrected chi connectivity index (χ2v) is 6.06. The Morgan fingerprint density at radius 1 is 1.14 bits per heavy atom. The maximum atomic E-state index is 12.2. The fraction of sp³-hybridized carbons (Fsp3) is 0.250. The zero-order valence-electron chi connectivity index (χ0n) is 11.5. The van der Waals surface area contributed by atoms with Crippen LogP contribution >= 0.6 is 11.3 Å². The van der Waals surface area contributed by atoms with Crippen molar-refractivity contribution in [3.05, 3.63) is 58.3 Å². The van der Waals surface area contributed by atoms with Gasteiger partial charge in [0.1, 0.15) is 6.04 Å². The molecule has 1 unspecified atom stereocenters. The Morgan fingerprint density at radius 2 is 1.95 bits per heavy atom. The van der Waals surface area contributed by atoms with Crippen LogP contribution in [0.25, 0.3) is 0 Å². The van der Waals surface area contributed by atoms with Crippen molar-refractivity contribution < 1.29 is 9.59 Å². The van der Waals surface area contributed by atoms with E-state index in [0.717, 1.165) is 10.4 Å². The van der Waals surface area contributed by atoms with Crippen LogP contribution < -0.4 is 5.32 Å². The Labute approximate surface area is 127 Å². The molecule has 1 aliphatic heterocycles. The quantitative estimate of drug-likeness (QED) is 0.936. The molecule has 3 rings (SSSR count). The van der Waals surface area contributed by atoms with Crippen molar-refractivity contribution in [2.45, 2.75) is 19.0 Å². The van der Waals surface area contributed by atoms with Crippen LogP contribution in [0.1, 0.15) is 10.4 Å². The van der Waals surface area contributed by atoms with Crippen LogP contribution in [0.3, 0.4) is 0 Å². The molecular weight excluding hydrogens is 284 g/mol. The first-order valence-electron chi connectivity index (χ1n) is 6.87. The lowest BCUT2D eigenvalue weighted by Gasteiger charge is -2.34. The van der Waals surface area contributed by atoms with E-state index in [4.69, 9.17) is 0 Å². The Balaban J connectivity index is 1.82. The first-order valence-corrected chi connectivity index (χ1v) is 7.75. The second-order valence-electron chi connectivity index (χ2n) is 5.02. The Morgan fingerprint density at radius 3 is 2.67 bits per heavy atom. The predicted molar refractivity (Wildman–Crippen MR) is 81.8 cm³/mol. The topological polar surface area (TPSA) is 49.4 Å². The van der Waals surface area contributed by atoms with E-state index >= 15 is 0 Å². The van der Waals surface area contributed by atoms with E-state index in [1.807, 2.05) is 47.8 Å². The van der Waals surface area contributed by atoms with Crippen molar-refractivity contribution in [1.29, 1.82) is 0 Å². The second kappa shape index (κ2) is 6.10. The highest BCUT2D eigenvalue weighted by Crippen LogP contribution is 2.18.